The van der Waals surface area contributed by atoms with Crippen LogP contribution in [0.15, 0.2) is 30.3 Å². The lowest BCUT2D eigenvalue weighted by atomic mass is 10.0. The lowest BCUT2D eigenvalue weighted by Crippen LogP contribution is -1.83. The molecule has 1 rings (SSSR count). The van der Waals surface area contributed by atoms with Gasteiger partial charge in [-0.15, -0.1) is 0 Å². The van der Waals surface area contributed by atoms with E-state index in [1.165, 1.54) is 5.56 Å². The van der Waals surface area contributed by atoms with Crippen molar-refractivity contribution in [3.8, 4) is 0 Å². The van der Waals surface area contributed by atoms with Gasteiger partial charge in [0.25, 0.3) is 5.97 Å². The Morgan fingerprint density at radius 1 is 1.23 bits per heavy atom. The number of carboxylic acids is 1. The number of hydrogen-bond donors (Lipinski definition) is 1. The van der Waals surface area contributed by atoms with Gasteiger partial charge in [0.05, 0.1) is 0 Å². The number of benzene rings is 1. The van der Waals surface area contributed by atoms with E-state index in [0.717, 1.165) is 6.92 Å². The third-order valence-corrected chi connectivity index (χ3v) is 1.47. The average molecular weight is 180 g/mol. The Bertz CT molecular complexity index is 236. The van der Waals surface area contributed by atoms with E-state index in [4.69, 9.17) is 9.90 Å². The second kappa shape index (κ2) is 6.23. The van der Waals surface area contributed by atoms with Crippen LogP contribution in [0.4, 0.5) is 0 Å². The van der Waals surface area contributed by atoms with Crippen LogP contribution in [0, 0.1) is 0 Å². The molecule has 0 fully saturated rings. The fourth-order valence-electron chi connectivity index (χ4n) is 0.838. The fraction of sp³-hybridized carbons (Fsp3) is 0.364. The molecule has 0 spiro atoms. The van der Waals surface area contributed by atoms with Gasteiger partial charge in [0.15, 0.2) is 0 Å². The molecule has 0 amide bonds. The van der Waals surface area contributed by atoms with Gasteiger partial charge in [-0.25, -0.2) is 0 Å². The predicted octanol–water partition coefficient (Wildman–Crippen LogP) is 2.90. The third kappa shape index (κ3) is 7.06. The summed E-state index contributed by atoms with van der Waals surface area (Å²) in [6.07, 6.45) is 0. The molecule has 0 saturated carbocycles. The summed E-state index contributed by atoms with van der Waals surface area (Å²) < 4.78 is 0. The quantitative estimate of drug-likeness (QED) is 0.721. The first-order valence-electron chi connectivity index (χ1n) is 4.28. The van der Waals surface area contributed by atoms with Gasteiger partial charge in [0.2, 0.25) is 0 Å². The van der Waals surface area contributed by atoms with Crippen molar-refractivity contribution in [2.75, 3.05) is 0 Å². The third-order valence-electron chi connectivity index (χ3n) is 1.47. The van der Waals surface area contributed by atoms with Crippen molar-refractivity contribution in [2.45, 2.75) is 26.7 Å². The SMILES string of the molecule is CC(=O)O.CC(C)c1ccccc1. The van der Waals surface area contributed by atoms with Crippen LogP contribution in [0.3, 0.4) is 0 Å². The van der Waals surface area contributed by atoms with Crippen molar-refractivity contribution in [1.82, 2.24) is 0 Å². The maximum Gasteiger partial charge on any atom is 0.300 e. The maximum absolute atomic E-state index is 9.00. The molecule has 0 heterocycles. The first-order chi connectivity index (χ1) is 6.04. The normalized spacial score (nSPS) is 8.92. The molecule has 0 radical (unpaired) electrons. The highest BCUT2D eigenvalue weighted by molar-refractivity contribution is 5.62. The van der Waals surface area contributed by atoms with Crippen molar-refractivity contribution in [1.29, 1.82) is 0 Å². The molecule has 0 unspecified atom stereocenters. The topological polar surface area (TPSA) is 37.3 Å². The summed E-state index contributed by atoms with van der Waals surface area (Å²) >= 11 is 0. The summed E-state index contributed by atoms with van der Waals surface area (Å²) in [5.41, 5.74) is 1.41. The number of rotatable bonds is 1. The highest BCUT2D eigenvalue weighted by Crippen LogP contribution is 2.11. The van der Waals surface area contributed by atoms with Crippen LogP contribution in [0.2, 0.25) is 0 Å². The van der Waals surface area contributed by atoms with Crippen LogP contribution in [0.5, 0.6) is 0 Å². The molecule has 72 valence electrons. The van der Waals surface area contributed by atoms with Crippen molar-refractivity contribution in [3.63, 3.8) is 0 Å². The summed E-state index contributed by atoms with van der Waals surface area (Å²) in [6.45, 7) is 5.49. The fourth-order valence-corrected chi connectivity index (χ4v) is 0.838. The van der Waals surface area contributed by atoms with Crippen LogP contribution in [0.25, 0.3) is 0 Å². The van der Waals surface area contributed by atoms with Crippen LogP contribution < -0.4 is 0 Å². The molecule has 0 aliphatic heterocycles. The molecule has 0 aliphatic rings. The Morgan fingerprint density at radius 3 is 1.85 bits per heavy atom. The van der Waals surface area contributed by atoms with E-state index in [0.29, 0.717) is 5.92 Å². The second-order valence-electron chi connectivity index (χ2n) is 3.08. The summed E-state index contributed by atoms with van der Waals surface area (Å²) in [7, 11) is 0. The van der Waals surface area contributed by atoms with Gasteiger partial charge in [-0.3, -0.25) is 4.79 Å². The number of carbonyl (C=O) groups is 1. The van der Waals surface area contributed by atoms with Gasteiger partial charge < -0.3 is 5.11 Å². The number of carboxylic acid groups (broad SMARTS) is 1. The van der Waals surface area contributed by atoms with E-state index in [1.807, 2.05) is 6.07 Å². The van der Waals surface area contributed by atoms with E-state index in [9.17, 15) is 0 Å². The van der Waals surface area contributed by atoms with E-state index in [-0.39, 0.29) is 0 Å². The Balaban J connectivity index is 0.000000310. The molecule has 0 bridgehead atoms. The number of hydrogen-bond acceptors (Lipinski definition) is 1. The zero-order valence-electron chi connectivity index (χ0n) is 8.32. The first-order valence-corrected chi connectivity index (χ1v) is 4.28. The molecule has 2 nitrogen and oxygen atoms in total. The molecule has 2 heteroatoms. The van der Waals surface area contributed by atoms with Gasteiger partial charge >= 0.3 is 0 Å². The highest BCUT2D eigenvalue weighted by atomic mass is 16.4. The van der Waals surface area contributed by atoms with Crippen LogP contribution >= 0.6 is 0 Å². The Labute approximate surface area is 79.2 Å². The van der Waals surface area contributed by atoms with Gasteiger partial charge in [-0.2, -0.15) is 0 Å². The average Bonchev–Trinajstić information content (AvgIpc) is 2.05. The molecule has 1 aromatic carbocycles. The summed E-state index contributed by atoms with van der Waals surface area (Å²) in [4.78, 5) is 9.00. The zero-order valence-corrected chi connectivity index (χ0v) is 8.32. The van der Waals surface area contributed by atoms with E-state index in [2.05, 4.69) is 38.1 Å². The van der Waals surface area contributed by atoms with Crippen molar-refractivity contribution < 1.29 is 9.90 Å². The smallest absolute Gasteiger partial charge is 0.300 e. The monoisotopic (exact) mass is 180 g/mol. The van der Waals surface area contributed by atoms with Gasteiger partial charge in [0.1, 0.15) is 0 Å². The molecule has 13 heavy (non-hydrogen) atoms. The second-order valence-corrected chi connectivity index (χ2v) is 3.08. The summed E-state index contributed by atoms with van der Waals surface area (Å²) in [5, 5.41) is 7.42. The zero-order chi connectivity index (χ0) is 10.3. The van der Waals surface area contributed by atoms with Crippen molar-refractivity contribution in [3.05, 3.63) is 35.9 Å². The molecule has 0 atom stereocenters. The molecule has 1 N–H and O–H groups in total. The number of aliphatic carboxylic acids is 1. The first kappa shape index (κ1) is 11.7. The Kier molecular flexibility index (Phi) is 5.60. The molecule has 0 aliphatic carbocycles. The molecular weight excluding hydrogens is 164 g/mol. The standard InChI is InChI=1S/C9H12.C2H4O2/c1-8(2)9-6-4-3-5-7-9;1-2(3)4/h3-8H,1-2H3;1H3,(H,3,4). The van der Waals surface area contributed by atoms with Crippen LogP contribution in [0.1, 0.15) is 32.3 Å². The van der Waals surface area contributed by atoms with E-state index >= 15 is 0 Å². The Morgan fingerprint density at radius 2 is 1.62 bits per heavy atom. The lowest BCUT2D eigenvalue weighted by molar-refractivity contribution is -0.134. The van der Waals surface area contributed by atoms with Crippen LogP contribution in [-0.4, -0.2) is 11.1 Å². The minimum absolute atomic E-state index is 0.659. The van der Waals surface area contributed by atoms with Crippen LogP contribution in [-0.2, 0) is 4.79 Å². The molecule has 0 saturated heterocycles. The lowest BCUT2D eigenvalue weighted by Gasteiger charge is -2.01. The maximum atomic E-state index is 9.00. The van der Waals surface area contributed by atoms with Gasteiger partial charge in [0, 0.05) is 6.92 Å². The molecule has 1 aromatic rings. The van der Waals surface area contributed by atoms with Gasteiger partial charge in [-0.05, 0) is 11.5 Å². The summed E-state index contributed by atoms with van der Waals surface area (Å²) in [5.74, 6) is -0.175. The van der Waals surface area contributed by atoms with E-state index in [1.54, 1.807) is 0 Å². The highest BCUT2D eigenvalue weighted by Gasteiger charge is 1.93. The molecular formula is C11H16O2. The van der Waals surface area contributed by atoms with Gasteiger partial charge in [-0.1, -0.05) is 44.2 Å². The minimum Gasteiger partial charge on any atom is -0.481 e. The minimum atomic E-state index is -0.833. The predicted molar refractivity (Wildman–Crippen MR) is 53.8 cm³/mol. The Hall–Kier alpha value is -1.31. The largest absolute Gasteiger partial charge is 0.481 e. The van der Waals surface area contributed by atoms with Crippen molar-refractivity contribution in [2.24, 2.45) is 0 Å². The molecule has 0 aromatic heterocycles. The van der Waals surface area contributed by atoms with E-state index < -0.39 is 5.97 Å². The van der Waals surface area contributed by atoms with Crippen molar-refractivity contribution >= 4 is 5.97 Å². The summed E-state index contributed by atoms with van der Waals surface area (Å²) in [6, 6.07) is 10.5.